The molecular weight excluding hydrogens is 419 g/mol. The average Bonchev–Trinajstić information content (AvgIpc) is 2.74. The van der Waals surface area contributed by atoms with E-state index in [1.807, 2.05) is 0 Å². The number of rotatable bonds is 8. The first-order valence-electron chi connectivity index (χ1n) is 9.43. The maximum absolute atomic E-state index is 13.1. The van der Waals surface area contributed by atoms with E-state index in [0.29, 0.717) is 42.7 Å². The molecule has 2 heterocycles. The van der Waals surface area contributed by atoms with Gasteiger partial charge in [-0.25, -0.2) is 23.7 Å². The van der Waals surface area contributed by atoms with Gasteiger partial charge >= 0.3 is 6.18 Å². The highest BCUT2D eigenvalue weighted by Crippen LogP contribution is 2.30. The summed E-state index contributed by atoms with van der Waals surface area (Å²) < 4.78 is 69.3. The minimum absolute atomic E-state index is 0.0492. The van der Waals surface area contributed by atoms with E-state index in [2.05, 4.69) is 20.3 Å². The third-order valence-corrected chi connectivity index (χ3v) is 4.45. The molecule has 0 saturated carbocycles. The summed E-state index contributed by atoms with van der Waals surface area (Å²) in [5, 5.41) is 3.06. The van der Waals surface area contributed by atoms with Crippen molar-refractivity contribution in [1.29, 1.82) is 0 Å². The van der Waals surface area contributed by atoms with Crippen molar-refractivity contribution in [3.8, 4) is 11.6 Å². The van der Waals surface area contributed by atoms with Gasteiger partial charge in [-0.1, -0.05) is 19.1 Å². The quantitative estimate of drug-likeness (QED) is 0.448. The fraction of sp³-hybridized carbons (Fsp3) is 0.286. The van der Waals surface area contributed by atoms with Crippen LogP contribution in [0.25, 0.3) is 0 Å². The van der Waals surface area contributed by atoms with Gasteiger partial charge in [0.2, 0.25) is 5.88 Å². The van der Waals surface area contributed by atoms with E-state index in [4.69, 9.17) is 4.74 Å². The predicted octanol–water partition coefficient (Wildman–Crippen LogP) is 5.84. The summed E-state index contributed by atoms with van der Waals surface area (Å²) in [4.78, 5) is 11.4. The maximum Gasteiger partial charge on any atom is 0.417 e. The minimum Gasteiger partial charge on any atom is -0.439 e. The lowest BCUT2D eigenvalue weighted by atomic mass is 10.1. The molecule has 0 fully saturated rings. The summed E-state index contributed by atoms with van der Waals surface area (Å²) in [6.07, 6.45) is -4.31. The van der Waals surface area contributed by atoms with Gasteiger partial charge in [-0.3, -0.25) is 0 Å². The van der Waals surface area contributed by atoms with Crippen molar-refractivity contribution in [1.82, 2.24) is 15.0 Å². The van der Waals surface area contributed by atoms with Gasteiger partial charge in [-0.05, 0) is 36.6 Å². The number of hydrogen-bond donors (Lipinski definition) is 1. The second-order valence-electron chi connectivity index (χ2n) is 6.55. The number of ether oxygens (including phenoxy) is 1. The lowest BCUT2D eigenvalue weighted by Crippen LogP contribution is -2.11. The normalized spacial score (nSPS) is 11.6. The highest BCUT2D eigenvalue weighted by atomic mass is 19.4. The summed E-state index contributed by atoms with van der Waals surface area (Å²) in [7, 11) is 0. The highest BCUT2D eigenvalue weighted by molar-refractivity contribution is 5.46. The molecule has 0 saturated heterocycles. The molecule has 0 aliphatic carbocycles. The van der Waals surface area contributed by atoms with Crippen LogP contribution < -0.4 is 10.1 Å². The van der Waals surface area contributed by atoms with Crippen molar-refractivity contribution in [3.05, 3.63) is 71.3 Å². The summed E-state index contributed by atoms with van der Waals surface area (Å²) in [5.74, 6) is 0.865. The second-order valence-corrected chi connectivity index (χ2v) is 6.55. The van der Waals surface area contributed by atoms with Gasteiger partial charge in [0.25, 0.3) is 6.43 Å². The monoisotopic (exact) mass is 438 g/mol. The van der Waals surface area contributed by atoms with E-state index in [1.165, 1.54) is 0 Å². The molecule has 0 radical (unpaired) electrons. The van der Waals surface area contributed by atoms with Crippen LogP contribution in [0.3, 0.4) is 0 Å². The molecule has 0 atom stereocenters. The van der Waals surface area contributed by atoms with Crippen LogP contribution in [0.1, 0.15) is 35.7 Å². The van der Waals surface area contributed by atoms with Gasteiger partial charge in [0.15, 0.2) is 0 Å². The smallest absolute Gasteiger partial charge is 0.417 e. The number of benzene rings is 1. The molecule has 3 rings (SSSR count). The fourth-order valence-corrected chi connectivity index (χ4v) is 2.89. The largest absolute Gasteiger partial charge is 0.439 e. The van der Waals surface area contributed by atoms with Crippen molar-refractivity contribution in [2.24, 2.45) is 0 Å². The van der Waals surface area contributed by atoms with E-state index in [0.717, 1.165) is 24.0 Å². The SMILES string of the molecule is CCc1c(NCCc2ccc(Oc3ccc(C(F)(F)F)cn3)cc2)ncnc1C(F)F. The van der Waals surface area contributed by atoms with Crippen molar-refractivity contribution < 1.29 is 26.7 Å². The molecule has 1 N–H and O–H groups in total. The summed E-state index contributed by atoms with van der Waals surface area (Å²) in [6, 6.07) is 9.00. The van der Waals surface area contributed by atoms with Crippen molar-refractivity contribution in [2.45, 2.75) is 32.4 Å². The van der Waals surface area contributed by atoms with Crippen LogP contribution in [0.2, 0.25) is 0 Å². The Labute approximate surface area is 175 Å². The number of halogens is 5. The number of aromatic nitrogens is 3. The zero-order valence-electron chi connectivity index (χ0n) is 16.5. The lowest BCUT2D eigenvalue weighted by Gasteiger charge is -2.13. The lowest BCUT2D eigenvalue weighted by molar-refractivity contribution is -0.137. The third-order valence-electron chi connectivity index (χ3n) is 4.45. The van der Waals surface area contributed by atoms with E-state index in [1.54, 1.807) is 31.2 Å². The molecule has 5 nitrogen and oxygen atoms in total. The number of hydrogen-bond acceptors (Lipinski definition) is 5. The number of anilines is 1. The molecule has 0 amide bonds. The molecule has 10 heteroatoms. The van der Waals surface area contributed by atoms with Crippen LogP contribution in [0, 0.1) is 0 Å². The summed E-state index contributed by atoms with van der Waals surface area (Å²) >= 11 is 0. The van der Waals surface area contributed by atoms with Crippen LogP contribution in [-0.2, 0) is 19.0 Å². The zero-order valence-corrected chi connectivity index (χ0v) is 16.5. The van der Waals surface area contributed by atoms with E-state index in [-0.39, 0.29) is 11.6 Å². The Kier molecular flexibility index (Phi) is 6.98. The van der Waals surface area contributed by atoms with Gasteiger partial charge in [0.1, 0.15) is 23.6 Å². The Bertz CT molecular complexity index is 992. The zero-order chi connectivity index (χ0) is 22.4. The molecule has 0 unspecified atom stereocenters. The predicted molar refractivity (Wildman–Crippen MR) is 104 cm³/mol. The Morgan fingerprint density at radius 1 is 1.00 bits per heavy atom. The molecule has 31 heavy (non-hydrogen) atoms. The number of alkyl halides is 5. The van der Waals surface area contributed by atoms with Crippen LogP contribution in [0.15, 0.2) is 48.9 Å². The standard InChI is InChI=1S/C21H19F5N4O/c1-2-16-18(19(22)23)29-12-30-20(16)27-10-9-13-3-6-15(7-4-13)31-17-8-5-14(11-28-17)21(24,25)26/h3-8,11-12,19H,2,9-10H2,1H3,(H,27,29,30). The topological polar surface area (TPSA) is 59.9 Å². The van der Waals surface area contributed by atoms with Crippen molar-refractivity contribution >= 4 is 5.82 Å². The van der Waals surface area contributed by atoms with Gasteiger partial charge < -0.3 is 10.1 Å². The molecular formula is C21H19F5N4O. The number of nitrogens with zero attached hydrogens (tertiary/aromatic N) is 3. The highest BCUT2D eigenvalue weighted by Gasteiger charge is 2.30. The third kappa shape index (κ3) is 5.87. The second kappa shape index (κ2) is 9.67. The van der Waals surface area contributed by atoms with Crippen molar-refractivity contribution in [2.75, 3.05) is 11.9 Å². The Morgan fingerprint density at radius 3 is 2.32 bits per heavy atom. The van der Waals surface area contributed by atoms with Crippen LogP contribution >= 0.6 is 0 Å². The molecule has 1 aromatic carbocycles. The van der Waals surface area contributed by atoms with Crippen molar-refractivity contribution in [3.63, 3.8) is 0 Å². The van der Waals surface area contributed by atoms with Crippen LogP contribution in [0.5, 0.6) is 11.6 Å². The number of nitrogens with one attached hydrogen (secondary N) is 1. The van der Waals surface area contributed by atoms with E-state index < -0.39 is 18.2 Å². The first kappa shape index (κ1) is 22.4. The minimum atomic E-state index is -4.45. The van der Waals surface area contributed by atoms with Gasteiger partial charge in [-0.2, -0.15) is 13.2 Å². The van der Waals surface area contributed by atoms with Crippen LogP contribution in [0.4, 0.5) is 27.8 Å². The van der Waals surface area contributed by atoms with Gasteiger partial charge in [0.05, 0.1) is 5.56 Å². The van der Waals surface area contributed by atoms with Gasteiger partial charge in [0, 0.05) is 24.4 Å². The molecule has 0 aliphatic heterocycles. The van der Waals surface area contributed by atoms with Crippen LogP contribution in [-0.4, -0.2) is 21.5 Å². The Balaban J connectivity index is 1.56. The number of pyridine rings is 1. The van der Waals surface area contributed by atoms with Gasteiger partial charge in [-0.15, -0.1) is 0 Å². The molecule has 0 spiro atoms. The molecule has 164 valence electrons. The Hall–Kier alpha value is -3.30. The maximum atomic E-state index is 13.1. The molecule has 0 aliphatic rings. The summed E-state index contributed by atoms with van der Waals surface area (Å²) in [5.41, 5.74) is 0.225. The van der Waals surface area contributed by atoms with E-state index in [9.17, 15) is 22.0 Å². The Morgan fingerprint density at radius 2 is 1.74 bits per heavy atom. The molecule has 3 aromatic rings. The average molecular weight is 438 g/mol. The fourth-order valence-electron chi connectivity index (χ4n) is 2.89. The molecule has 0 bridgehead atoms. The first-order chi connectivity index (χ1) is 14.8. The summed E-state index contributed by atoms with van der Waals surface area (Å²) in [6.45, 7) is 2.23. The molecule has 2 aromatic heterocycles. The van der Waals surface area contributed by atoms with E-state index >= 15 is 0 Å². The first-order valence-corrected chi connectivity index (χ1v) is 9.43.